The van der Waals surface area contributed by atoms with Gasteiger partial charge in [0.15, 0.2) is 11.5 Å². The molecule has 0 unspecified atom stereocenters. The first-order valence-electron chi connectivity index (χ1n) is 5.74. The van der Waals surface area contributed by atoms with Gasteiger partial charge in [-0.1, -0.05) is 24.3 Å². The van der Waals surface area contributed by atoms with Crippen LogP contribution >= 0.6 is 0 Å². The second-order valence-corrected chi connectivity index (χ2v) is 3.59. The van der Waals surface area contributed by atoms with Gasteiger partial charge in [-0.3, -0.25) is 0 Å². The van der Waals surface area contributed by atoms with Crippen LogP contribution in [0, 0.1) is 11.3 Å². The molecule has 0 aliphatic heterocycles. The molecule has 0 aliphatic rings. The molecule has 18 heavy (non-hydrogen) atoms. The van der Waals surface area contributed by atoms with Crippen LogP contribution in [0.1, 0.15) is 12.5 Å². The van der Waals surface area contributed by atoms with Crippen molar-refractivity contribution in [3.05, 3.63) is 54.1 Å². The predicted molar refractivity (Wildman–Crippen MR) is 68.8 cm³/mol. The normalized spacial score (nSPS) is 9.56. The Kier molecular flexibility index (Phi) is 3.83. The molecule has 0 radical (unpaired) electrons. The van der Waals surface area contributed by atoms with Crippen LogP contribution in [0.5, 0.6) is 17.2 Å². The number of para-hydroxylation sites is 3. The minimum absolute atomic E-state index is 0.504. The highest BCUT2D eigenvalue weighted by atomic mass is 16.5. The number of hydrogen-bond acceptors (Lipinski definition) is 3. The van der Waals surface area contributed by atoms with E-state index in [0.717, 1.165) is 0 Å². The zero-order valence-electron chi connectivity index (χ0n) is 10.1. The number of ether oxygens (including phenoxy) is 2. The Morgan fingerprint density at radius 3 is 2.22 bits per heavy atom. The molecule has 2 aromatic carbocycles. The van der Waals surface area contributed by atoms with Crippen molar-refractivity contribution in [3.63, 3.8) is 0 Å². The molecule has 0 aromatic heterocycles. The van der Waals surface area contributed by atoms with Crippen molar-refractivity contribution >= 4 is 0 Å². The molecule has 0 aliphatic carbocycles. The minimum Gasteiger partial charge on any atom is -0.490 e. The minimum atomic E-state index is 0.504. The van der Waals surface area contributed by atoms with Gasteiger partial charge in [0.05, 0.1) is 12.2 Å². The van der Waals surface area contributed by atoms with Crippen molar-refractivity contribution in [3.8, 4) is 23.3 Å². The summed E-state index contributed by atoms with van der Waals surface area (Å²) >= 11 is 0. The van der Waals surface area contributed by atoms with Crippen molar-refractivity contribution in [2.24, 2.45) is 0 Å². The van der Waals surface area contributed by atoms with E-state index in [1.54, 1.807) is 18.2 Å². The van der Waals surface area contributed by atoms with Crippen LogP contribution in [0.2, 0.25) is 0 Å². The fourth-order valence-corrected chi connectivity index (χ4v) is 1.58. The Bertz CT molecular complexity index is 573. The maximum Gasteiger partial charge on any atom is 0.169 e. The van der Waals surface area contributed by atoms with E-state index in [-0.39, 0.29) is 0 Å². The van der Waals surface area contributed by atoms with E-state index in [2.05, 4.69) is 6.07 Å². The first-order valence-corrected chi connectivity index (χ1v) is 5.74. The second kappa shape index (κ2) is 5.74. The van der Waals surface area contributed by atoms with Crippen molar-refractivity contribution in [1.82, 2.24) is 0 Å². The van der Waals surface area contributed by atoms with Gasteiger partial charge in [0.2, 0.25) is 0 Å². The summed E-state index contributed by atoms with van der Waals surface area (Å²) in [6.45, 7) is 2.49. The van der Waals surface area contributed by atoms with Gasteiger partial charge in [-0.05, 0) is 31.2 Å². The highest BCUT2D eigenvalue weighted by molar-refractivity contribution is 5.48. The van der Waals surface area contributed by atoms with Gasteiger partial charge in [0, 0.05) is 0 Å². The molecule has 0 amide bonds. The molecule has 90 valence electrons. The number of benzene rings is 2. The molecule has 0 bridgehead atoms. The summed E-state index contributed by atoms with van der Waals surface area (Å²) in [5, 5.41) is 9.01. The molecule has 0 saturated carbocycles. The van der Waals surface area contributed by atoms with Crippen molar-refractivity contribution < 1.29 is 9.47 Å². The highest BCUT2D eigenvalue weighted by Crippen LogP contribution is 2.32. The number of nitriles is 1. The van der Waals surface area contributed by atoms with Crippen molar-refractivity contribution in [2.45, 2.75) is 6.92 Å². The molecule has 0 spiro atoms. The summed E-state index contributed by atoms with van der Waals surface area (Å²) in [5.41, 5.74) is 0.504. The van der Waals surface area contributed by atoms with Crippen LogP contribution in [0.3, 0.4) is 0 Å². The van der Waals surface area contributed by atoms with E-state index in [1.807, 2.05) is 37.3 Å². The Hall–Kier alpha value is -2.47. The van der Waals surface area contributed by atoms with Gasteiger partial charge in [0.1, 0.15) is 11.8 Å². The molecule has 0 N–H and O–H groups in total. The molecule has 0 heterocycles. The summed E-state index contributed by atoms with van der Waals surface area (Å²) in [4.78, 5) is 0. The third-order valence-electron chi connectivity index (χ3n) is 2.38. The lowest BCUT2D eigenvalue weighted by atomic mass is 10.2. The zero-order valence-corrected chi connectivity index (χ0v) is 10.1. The lowest BCUT2D eigenvalue weighted by Crippen LogP contribution is -1.95. The lowest BCUT2D eigenvalue weighted by molar-refractivity contribution is 0.321. The Morgan fingerprint density at radius 1 is 0.944 bits per heavy atom. The van der Waals surface area contributed by atoms with Gasteiger partial charge in [-0.25, -0.2) is 0 Å². The number of nitrogens with zero attached hydrogens (tertiary/aromatic N) is 1. The molecule has 0 atom stereocenters. The largest absolute Gasteiger partial charge is 0.490 e. The second-order valence-electron chi connectivity index (χ2n) is 3.59. The van der Waals surface area contributed by atoms with Crippen LogP contribution in [0.15, 0.2) is 48.5 Å². The van der Waals surface area contributed by atoms with Crippen LogP contribution in [0.25, 0.3) is 0 Å². The quantitative estimate of drug-likeness (QED) is 0.816. The topological polar surface area (TPSA) is 42.2 Å². The standard InChI is InChI=1S/C15H13NO2/c1-2-17-14-9-5-6-10-15(14)18-13-8-4-3-7-12(13)11-16/h3-10H,2H2,1H3. The monoisotopic (exact) mass is 239 g/mol. The first-order chi connectivity index (χ1) is 8.85. The molecule has 3 heteroatoms. The van der Waals surface area contributed by atoms with Gasteiger partial charge in [0.25, 0.3) is 0 Å². The third kappa shape index (κ3) is 2.61. The average Bonchev–Trinajstić information content (AvgIpc) is 2.42. The van der Waals surface area contributed by atoms with Crippen LogP contribution < -0.4 is 9.47 Å². The van der Waals surface area contributed by atoms with Crippen LogP contribution in [-0.2, 0) is 0 Å². The zero-order chi connectivity index (χ0) is 12.8. The Balaban J connectivity index is 2.31. The summed E-state index contributed by atoms with van der Waals surface area (Å²) in [7, 11) is 0. The first kappa shape index (κ1) is 12.0. The number of hydrogen-bond donors (Lipinski definition) is 0. The third-order valence-corrected chi connectivity index (χ3v) is 2.38. The van der Waals surface area contributed by atoms with Crippen molar-refractivity contribution in [1.29, 1.82) is 5.26 Å². The molecule has 2 aromatic rings. The number of rotatable bonds is 4. The van der Waals surface area contributed by atoms with E-state index in [4.69, 9.17) is 14.7 Å². The van der Waals surface area contributed by atoms with Crippen molar-refractivity contribution in [2.75, 3.05) is 6.61 Å². The Labute approximate surface area is 106 Å². The molecule has 2 rings (SSSR count). The molecule has 0 saturated heterocycles. The summed E-state index contributed by atoms with van der Waals surface area (Å²) in [6.07, 6.45) is 0. The molecule has 3 nitrogen and oxygen atoms in total. The van der Waals surface area contributed by atoms with Gasteiger partial charge < -0.3 is 9.47 Å². The van der Waals surface area contributed by atoms with Crippen LogP contribution in [-0.4, -0.2) is 6.61 Å². The van der Waals surface area contributed by atoms with E-state index in [1.165, 1.54) is 0 Å². The fraction of sp³-hybridized carbons (Fsp3) is 0.133. The smallest absolute Gasteiger partial charge is 0.169 e. The lowest BCUT2D eigenvalue weighted by Gasteiger charge is -2.11. The maximum atomic E-state index is 9.01. The molecule has 0 fully saturated rings. The predicted octanol–water partition coefficient (Wildman–Crippen LogP) is 3.75. The summed E-state index contributed by atoms with van der Waals surface area (Å²) in [6, 6.07) is 16.6. The summed E-state index contributed by atoms with van der Waals surface area (Å²) < 4.78 is 11.2. The van der Waals surface area contributed by atoms with E-state index in [9.17, 15) is 0 Å². The average molecular weight is 239 g/mol. The SMILES string of the molecule is CCOc1ccccc1Oc1ccccc1C#N. The van der Waals surface area contributed by atoms with E-state index < -0.39 is 0 Å². The molecular formula is C15H13NO2. The fourth-order valence-electron chi connectivity index (χ4n) is 1.58. The van der Waals surface area contributed by atoms with Crippen LogP contribution in [0.4, 0.5) is 0 Å². The van der Waals surface area contributed by atoms with E-state index in [0.29, 0.717) is 29.4 Å². The Morgan fingerprint density at radius 2 is 1.56 bits per heavy atom. The maximum absolute atomic E-state index is 9.01. The van der Waals surface area contributed by atoms with Gasteiger partial charge in [-0.2, -0.15) is 5.26 Å². The van der Waals surface area contributed by atoms with Gasteiger partial charge >= 0.3 is 0 Å². The molecular weight excluding hydrogens is 226 g/mol. The summed E-state index contributed by atoms with van der Waals surface area (Å²) in [5.74, 6) is 1.82. The van der Waals surface area contributed by atoms with Gasteiger partial charge in [-0.15, -0.1) is 0 Å². The van der Waals surface area contributed by atoms with E-state index >= 15 is 0 Å². The highest BCUT2D eigenvalue weighted by Gasteiger charge is 2.07.